The molecule has 0 saturated heterocycles. The van der Waals surface area contributed by atoms with Gasteiger partial charge in [0, 0.05) is 28.7 Å². The van der Waals surface area contributed by atoms with Crippen LogP contribution in [0.3, 0.4) is 0 Å². The molecule has 1 aliphatic heterocycles. The standard InChI is InChI=1S/C25H22F3N5O2S/c1-13-5-6-14(23(34)32-17-4-2-3-15(10-17)25(26,27)28)9-19(13)33-24(35)18-11-36-21-20(18)29-12-30-22(21)31-16-7-8-16/h2-6,9-10,12,16,18H,7-8,11H2,1H3,(H,32,34)(H,33,35)(H,29,30,31). The first-order valence-corrected chi connectivity index (χ1v) is 12.3. The van der Waals surface area contributed by atoms with Gasteiger partial charge in [-0.1, -0.05) is 12.1 Å². The summed E-state index contributed by atoms with van der Waals surface area (Å²) < 4.78 is 38.9. The third-order valence-electron chi connectivity index (χ3n) is 6.00. The zero-order valence-corrected chi connectivity index (χ0v) is 20.0. The van der Waals surface area contributed by atoms with Gasteiger partial charge in [-0.2, -0.15) is 13.2 Å². The van der Waals surface area contributed by atoms with E-state index in [4.69, 9.17) is 0 Å². The Labute approximate surface area is 209 Å². The lowest BCUT2D eigenvalue weighted by molar-refractivity contribution is -0.137. The van der Waals surface area contributed by atoms with Gasteiger partial charge in [0.2, 0.25) is 5.91 Å². The van der Waals surface area contributed by atoms with E-state index in [2.05, 4.69) is 25.9 Å². The second-order valence-corrected chi connectivity index (χ2v) is 9.80. The Bertz CT molecular complexity index is 1340. The maximum Gasteiger partial charge on any atom is 0.416 e. The summed E-state index contributed by atoms with van der Waals surface area (Å²) in [5, 5.41) is 8.75. The highest BCUT2D eigenvalue weighted by atomic mass is 32.2. The van der Waals surface area contributed by atoms with Crippen LogP contribution in [0.4, 0.5) is 30.4 Å². The van der Waals surface area contributed by atoms with Crippen LogP contribution in [-0.4, -0.2) is 33.6 Å². The molecule has 1 unspecified atom stereocenters. The van der Waals surface area contributed by atoms with Crippen LogP contribution in [0.5, 0.6) is 0 Å². The molecule has 1 saturated carbocycles. The van der Waals surface area contributed by atoms with Crippen molar-refractivity contribution < 1.29 is 22.8 Å². The molecule has 0 radical (unpaired) electrons. The van der Waals surface area contributed by atoms with Crippen molar-refractivity contribution in [1.29, 1.82) is 0 Å². The molecule has 7 nitrogen and oxygen atoms in total. The average molecular weight is 514 g/mol. The van der Waals surface area contributed by atoms with Crippen molar-refractivity contribution >= 4 is 40.8 Å². The van der Waals surface area contributed by atoms with Gasteiger partial charge in [-0.25, -0.2) is 9.97 Å². The van der Waals surface area contributed by atoms with Crippen LogP contribution < -0.4 is 16.0 Å². The highest BCUT2D eigenvalue weighted by Gasteiger charge is 2.35. The molecule has 3 aromatic rings. The van der Waals surface area contributed by atoms with E-state index in [0.29, 0.717) is 23.2 Å². The molecule has 1 atom stereocenters. The molecule has 2 amide bonds. The summed E-state index contributed by atoms with van der Waals surface area (Å²) in [5.41, 5.74) is 1.23. The fourth-order valence-electron chi connectivity index (χ4n) is 3.84. The van der Waals surface area contributed by atoms with Crippen LogP contribution in [-0.2, 0) is 11.0 Å². The first-order chi connectivity index (χ1) is 17.2. The molecule has 3 N–H and O–H groups in total. The summed E-state index contributed by atoms with van der Waals surface area (Å²) in [6.07, 6.45) is -0.854. The number of hydrogen-bond donors (Lipinski definition) is 3. The first-order valence-electron chi connectivity index (χ1n) is 11.3. The first kappa shape index (κ1) is 24.1. The Hall–Kier alpha value is -3.60. The van der Waals surface area contributed by atoms with Crippen molar-refractivity contribution in [3.05, 3.63) is 71.2 Å². The second kappa shape index (κ2) is 9.45. The molecule has 186 valence electrons. The number of hydrogen-bond acceptors (Lipinski definition) is 6. The number of aryl methyl sites for hydroxylation is 1. The molecule has 11 heteroatoms. The molecule has 0 spiro atoms. The number of carbonyl (C=O) groups is 2. The number of benzene rings is 2. The number of aromatic nitrogens is 2. The Morgan fingerprint density at radius 3 is 2.61 bits per heavy atom. The fraction of sp³-hybridized carbons (Fsp3) is 0.280. The van der Waals surface area contributed by atoms with Crippen LogP contribution in [0.25, 0.3) is 0 Å². The van der Waals surface area contributed by atoms with Crippen molar-refractivity contribution in [2.45, 2.75) is 42.8 Å². The number of nitrogens with zero attached hydrogens (tertiary/aromatic N) is 2. The summed E-state index contributed by atoms with van der Waals surface area (Å²) >= 11 is 1.54. The molecule has 2 aliphatic rings. The number of amides is 2. The lowest BCUT2D eigenvalue weighted by Crippen LogP contribution is -2.23. The lowest BCUT2D eigenvalue weighted by atomic mass is 10.0. The number of nitrogens with one attached hydrogen (secondary N) is 3. The van der Waals surface area contributed by atoms with E-state index in [1.165, 1.54) is 36.3 Å². The number of fused-ring (bicyclic) bond motifs is 1. The number of alkyl halides is 3. The zero-order valence-electron chi connectivity index (χ0n) is 19.1. The molecule has 1 aromatic heterocycles. The smallest absolute Gasteiger partial charge is 0.366 e. The van der Waals surface area contributed by atoms with Gasteiger partial charge in [0.05, 0.1) is 22.1 Å². The summed E-state index contributed by atoms with van der Waals surface area (Å²) in [4.78, 5) is 35.5. The Morgan fingerprint density at radius 2 is 1.86 bits per heavy atom. The summed E-state index contributed by atoms with van der Waals surface area (Å²) in [7, 11) is 0. The molecule has 36 heavy (non-hydrogen) atoms. The molecule has 2 heterocycles. The van der Waals surface area contributed by atoms with Crippen LogP contribution in [0, 0.1) is 6.92 Å². The van der Waals surface area contributed by atoms with Crippen molar-refractivity contribution in [3.8, 4) is 0 Å². The van der Waals surface area contributed by atoms with E-state index < -0.39 is 23.6 Å². The van der Waals surface area contributed by atoms with Gasteiger partial charge in [0.1, 0.15) is 12.1 Å². The third-order valence-corrected chi connectivity index (χ3v) is 7.19. The minimum absolute atomic E-state index is 0.0240. The second-order valence-electron chi connectivity index (χ2n) is 8.77. The number of carbonyl (C=O) groups excluding carboxylic acids is 2. The average Bonchev–Trinajstić information content (AvgIpc) is 3.54. The largest absolute Gasteiger partial charge is 0.416 e. The molecule has 5 rings (SSSR count). The maximum absolute atomic E-state index is 13.2. The van der Waals surface area contributed by atoms with E-state index in [1.807, 2.05) is 0 Å². The number of anilines is 3. The van der Waals surface area contributed by atoms with E-state index >= 15 is 0 Å². The summed E-state index contributed by atoms with van der Waals surface area (Å²) in [5.74, 6) is -0.0403. The number of thioether (sulfide) groups is 1. The van der Waals surface area contributed by atoms with Crippen LogP contribution >= 0.6 is 11.8 Å². The van der Waals surface area contributed by atoms with Gasteiger partial charge < -0.3 is 16.0 Å². The normalized spacial score (nSPS) is 16.8. The van der Waals surface area contributed by atoms with Crippen LogP contribution in [0.1, 0.15) is 45.9 Å². The van der Waals surface area contributed by atoms with Crippen LogP contribution in [0.15, 0.2) is 53.7 Å². The summed E-state index contributed by atoms with van der Waals surface area (Å²) in [6, 6.07) is 9.58. The monoisotopic (exact) mass is 513 g/mol. The number of halogens is 3. The van der Waals surface area contributed by atoms with Gasteiger partial charge in [-0.05, 0) is 55.7 Å². The fourth-order valence-corrected chi connectivity index (χ4v) is 5.08. The molecular weight excluding hydrogens is 491 g/mol. The Balaban J connectivity index is 1.31. The van der Waals surface area contributed by atoms with Crippen LogP contribution in [0.2, 0.25) is 0 Å². The molecule has 0 bridgehead atoms. The minimum atomic E-state index is -4.52. The van der Waals surface area contributed by atoms with E-state index in [1.54, 1.807) is 19.1 Å². The van der Waals surface area contributed by atoms with Crippen molar-refractivity contribution in [2.24, 2.45) is 0 Å². The highest BCUT2D eigenvalue weighted by molar-refractivity contribution is 7.99. The molecule has 1 aliphatic carbocycles. The number of rotatable bonds is 6. The minimum Gasteiger partial charge on any atom is -0.366 e. The van der Waals surface area contributed by atoms with Gasteiger partial charge in [0.25, 0.3) is 5.91 Å². The van der Waals surface area contributed by atoms with Crippen molar-refractivity contribution in [2.75, 3.05) is 21.7 Å². The zero-order chi connectivity index (χ0) is 25.4. The maximum atomic E-state index is 13.2. The van der Waals surface area contributed by atoms with E-state index in [9.17, 15) is 22.8 Å². The molecular formula is C25H22F3N5O2S. The predicted molar refractivity (Wildman–Crippen MR) is 131 cm³/mol. The van der Waals surface area contributed by atoms with Gasteiger partial charge in [-0.15, -0.1) is 11.8 Å². The topological polar surface area (TPSA) is 96.0 Å². The van der Waals surface area contributed by atoms with Gasteiger partial charge in [-0.3, -0.25) is 9.59 Å². The molecule has 2 aromatic carbocycles. The Kier molecular flexibility index (Phi) is 6.33. The molecule has 1 fully saturated rings. The van der Waals surface area contributed by atoms with E-state index in [-0.39, 0.29) is 17.2 Å². The van der Waals surface area contributed by atoms with Crippen molar-refractivity contribution in [3.63, 3.8) is 0 Å². The van der Waals surface area contributed by atoms with Gasteiger partial charge >= 0.3 is 6.18 Å². The quantitative estimate of drug-likeness (QED) is 0.405. The lowest BCUT2D eigenvalue weighted by Gasteiger charge is -2.15. The highest BCUT2D eigenvalue weighted by Crippen LogP contribution is 2.43. The Morgan fingerprint density at radius 1 is 1.06 bits per heavy atom. The van der Waals surface area contributed by atoms with E-state index in [0.717, 1.165) is 41.3 Å². The van der Waals surface area contributed by atoms with Gasteiger partial charge in [0.15, 0.2) is 0 Å². The predicted octanol–water partition coefficient (Wildman–Crippen LogP) is 5.46. The summed E-state index contributed by atoms with van der Waals surface area (Å²) in [6.45, 7) is 1.79. The van der Waals surface area contributed by atoms with Crippen molar-refractivity contribution in [1.82, 2.24) is 9.97 Å². The SMILES string of the molecule is Cc1ccc(C(=O)Nc2cccc(C(F)(F)F)c2)cc1NC(=O)C1CSc2c(NC3CC3)ncnc21. The third kappa shape index (κ3) is 5.15.